The van der Waals surface area contributed by atoms with Crippen LogP contribution in [0.25, 0.3) is 0 Å². The average molecular weight is 263 g/mol. The van der Waals surface area contributed by atoms with E-state index in [4.69, 9.17) is 9.84 Å². The number of ether oxygens (including phenoxy) is 1. The van der Waals surface area contributed by atoms with Crippen molar-refractivity contribution in [2.45, 2.75) is 32.1 Å². The van der Waals surface area contributed by atoms with Crippen molar-refractivity contribution < 1.29 is 14.6 Å². The minimum absolute atomic E-state index is 0.257. The molecule has 0 amide bonds. The molecule has 0 aliphatic carbocycles. The van der Waals surface area contributed by atoms with Gasteiger partial charge in [-0.05, 0) is 37.3 Å². The number of para-hydroxylation sites is 1. The summed E-state index contributed by atoms with van der Waals surface area (Å²) in [5, 5.41) is 8.66. The van der Waals surface area contributed by atoms with Gasteiger partial charge in [-0.1, -0.05) is 12.1 Å². The van der Waals surface area contributed by atoms with Gasteiger partial charge in [0.1, 0.15) is 5.75 Å². The lowest BCUT2D eigenvalue weighted by Gasteiger charge is -2.32. The molecular weight excluding hydrogens is 242 g/mol. The van der Waals surface area contributed by atoms with Crippen LogP contribution in [0.15, 0.2) is 18.2 Å². The molecular formula is C15H21NO3. The number of anilines is 1. The van der Waals surface area contributed by atoms with E-state index in [2.05, 4.69) is 11.0 Å². The van der Waals surface area contributed by atoms with Gasteiger partial charge in [0.05, 0.1) is 12.8 Å². The number of carbonyl (C=O) groups is 1. The van der Waals surface area contributed by atoms with E-state index in [1.165, 1.54) is 11.3 Å². The van der Waals surface area contributed by atoms with Gasteiger partial charge in [0, 0.05) is 19.5 Å². The number of aryl methyl sites for hydroxylation is 1. The lowest BCUT2D eigenvalue weighted by atomic mass is 10.0. The molecule has 0 fully saturated rings. The minimum Gasteiger partial charge on any atom is -0.495 e. The van der Waals surface area contributed by atoms with E-state index in [1.54, 1.807) is 7.11 Å². The molecule has 1 N–H and O–H groups in total. The van der Waals surface area contributed by atoms with E-state index in [-0.39, 0.29) is 6.42 Å². The van der Waals surface area contributed by atoms with E-state index in [0.717, 1.165) is 44.5 Å². The molecule has 104 valence electrons. The van der Waals surface area contributed by atoms with E-state index in [9.17, 15) is 4.79 Å². The largest absolute Gasteiger partial charge is 0.495 e. The quantitative estimate of drug-likeness (QED) is 0.802. The lowest BCUT2D eigenvalue weighted by Crippen LogP contribution is -2.30. The van der Waals surface area contributed by atoms with Crippen LogP contribution < -0.4 is 9.64 Å². The Morgan fingerprint density at radius 2 is 2.26 bits per heavy atom. The second kappa shape index (κ2) is 6.45. The fraction of sp³-hybridized carbons (Fsp3) is 0.533. The Labute approximate surface area is 114 Å². The monoisotopic (exact) mass is 263 g/mol. The van der Waals surface area contributed by atoms with Gasteiger partial charge in [-0.3, -0.25) is 4.79 Å². The maximum absolute atomic E-state index is 10.5. The summed E-state index contributed by atoms with van der Waals surface area (Å²) < 4.78 is 5.45. The first-order valence-electron chi connectivity index (χ1n) is 6.85. The van der Waals surface area contributed by atoms with Crippen molar-refractivity contribution in [3.8, 4) is 5.75 Å². The van der Waals surface area contributed by atoms with Crippen LogP contribution >= 0.6 is 0 Å². The third kappa shape index (κ3) is 3.40. The van der Waals surface area contributed by atoms with Crippen molar-refractivity contribution in [3.05, 3.63) is 23.8 Å². The molecule has 2 rings (SSSR count). The number of carboxylic acids is 1. The Hall–Kier alpha value is -1.71. The molecule has 0 saturated carbocycles. The molecule has 0 radical (unpaired) electrons. The van der Waals surface area contributed by atoms with Crippen LogP contribution in [0, 0.1) is 0 Å². The van der Waals surface area contributed by atoms with Crippen molar-refractivity contribution in [3.63, 3.8) is 0 Å². The molecule has 1 aromatic carbocycles. The molecule has 0 atom stereocenters. The fourth-order valence-electron chi connectivity index (χ4n) is 2.67. The zero-order chi connectivity index (χ0) is 13.7. The summed E-state index contributed by atoms with van der Waals surface area (Å²) in [5.41, 5.74) is 2.54. The van der Waals surface area contributed by atoms with Gasteiger partial charge in [0.2, 0.25) is 0 Å². The number of carboxylic acid groups (broad SMARTS) is 1. The topological polar surface area (TPSA) is 49.8 Å². The molecule has 0 spiro atoms. The van der Waals surface area contributed by atoms with Gasteiger partial charge in [0.25, 0.3) is 0 Å². The highest BCUT2D eigenvalue weighted by Gasteiger charge is 2.20. The predicted octanol–water partition coefficient (Wildman–Crippen LogP) is 2.70. The molecule has 4 nitrogen and oxygen atoms in total. The van der Waals surface area contributed by atoms with Crippen LogP contribution in [0.3, 0.4) is 0 Å². The highest BCUT2D eigenvalue weighted by atomic mass is 16.5. The summed E-state index contributed by atoms with van der Waals surface area (Å²) in [6.45, 7) is 1.93. The Bertz CT molecular complexity index is 431. The minimum atomic E-state index is -0.711. The number of rotatable bonds is 6. The van der Waals surface area contributed by atoms with E-state index in [1.807, 2.05) is 12.1 Å². The van der Waals surface area contributed by atoms with Crippen molar-refractivity contribution in [1.29, 1.82) is 0 Å². The second-order valence-corrected chi connectivity index (χ2v) is 4.91. The van der Waals surface area contributed by atoms with Crippen molar-refractivity contribution in [2.24, 2.45) is 0 Å². The maximum Gasteiger partial charge on any atom is 0.303 e. The molecule has 1 aliphatic rings. The number of fused-ring (bicyclic) bond motifs is 1. The summed E-state index contributed by atoms with van der Waals surface area (Å²) in [6, 6.07) is 6.18. The van der Waals surface area contributed by atoms with Gasteiger partial charge in [-0.2, -0.15) is 0 Å². The van der Waals surface area contributed by atoms with E-state index >= 15 is 0 Å². The van der Waals surface area contributed by atoms with Crippen molar-refractivity contribution in [1.82, 2.24) is 0 Å². The van der Waals surface area contributed by atoms with E-state index in [0.29, 0.717) is 0 Å². The second-order valence-electron chi connectivity index (χ2n) is 4.91. The first kappa shape index (κ1) is 13.7. The third-order valence-electron chi connectivity index (χ3n) is 3.56. The molecule has 4 heteroatoms. The first-order chi connectivity index (χ1) is 9.22. The van der Waals surface area contributed by atoms with Crippen molar-refractivity contribution >= 4 is 11.7 Å². The Morgan fingerprint density at radius 1 is 1.42 bits per heavy atom. The maximum atomic E-state index is 10.5. The molecule has 0 unspecified atom stereocenters. The van der Waals surface area contributed by atoms with Crippen LogP contribution in [0.5, 0.6) is 5.75 Å². The Kier molecular flexibility index (Phi) is 4.66. The van der Waals surface area contributed by atoms with Gasteiger partial charge < -0.3 is 14.7 Å². The van der Waals surface area contributed by atoms with Crippen LogP contribution in [0.2, 0.25) is 0 Å². The number of nitrogens with zero attached hydrogens (tertiary/aromatic N) is 1. The van der Waals surface area contributed by atoms with Crippen molar-refractivity contribution in [2.75, 3.05) is 25.1 Å². The number of aliphatic carboxylic acids is 1. The normalized spacial score (nSPS) is 14.1. The van der Waals surface area contributed by atoms with Crippen LogP contribution in [0.1, 0.15) is 31.2 Å². The van der Waals surface area contributed by atoms with Crippen LogP contribution in [-0.2, 0) is 11.2 Å². The standard InChI is InChI=1S/C15H21NO3/c1-19-13-8-4-6-12-7-5-11-16(15(12)13)10-3-2-9-14(17)18/h4,6,8H,2-3,5,7,9-11H2,1H3,(H,17,18). The number of unbranched alkanes of at least 4 members (excludes halogenated alkanes) is 1. The molecule has 19 heavy (non-hydrogen) atoms. The number of hydrogen-bond acceptors (Lipinski definition) is 3. The smallest absolute Gasteiger partial charge is 0.303 e. The zero-order valence-corrected chi connectivity index (χ0v) is 11.4. The molecule has 1 heterocycles. The Morgan fingerprint density at radius 3 is 3.00 bits per heavy atom. The highest BCUT2D eigenvalue weighted by Crippen LogP contribution is 2.36. The number of benzene rings is 1. The van der Waals surface area contributed by atoms with Gasteiger partial charge >= 0.3 is 5.97 Å². The van der Waals surface area contributed by atoms with Gasteiger partial charge in [-0.25, -0.2) is 0 Å². The van der Waals surface area contributed by atoms with Crippen LogP contribution in [0.4, 0.5) is 5.69 Å². The average Bonchev–Trinajstić information content (AvgIpc) is 2.42. The SMILES string of the molecule is COc1cccc2c1N(CCCCC(=O)O)CCC2. The number of methoxy groups -OCH3 is 1. The first-order valence-corrected chi connectivity index (χ1v) is 6.85. The predicted molar refractivity (Wildman–Crippen MR) is 75.0 cm³/mol. The lowest BCUT2D eigenvalue weighted by molar-refractivity contribution is -0.137. The summed E-state index contributed by atoms with van der Waals surface area (Å²) >= 11 is 0. The Balaban J connectivity index is 2.02. The molecule has 1 aromatic rings. The summed E-state index contributed by atoms with van der Waals surface area (Å²) in [6.07, 6.45) is 4.14. The van der Waals surface area contributed by atoms with Gasteiger partial charge in [0.15, 0.2) is 0 Å². The number of hydrogen-bond donors (Lipinski definition) is 1. The third-order valence-corrected chi connectivity index (χ3v) is 3.56. The summed E-state index contributed by atoms with van der Waals surface area (Å²) in [7, 11) is 1.70. The summed E-state index contributed by atoms with van der Waals surface area (Å²) in [4.78, 5) is 12.8. The summed E-state index contributed by atoms with van der Waals surface area (Å²) in [5.74, 6) is 0.215. The molecule has 0 bridgehead atoms. The highest BCUT2D eigenvalue weighted by molar-refractivity contribution is 5.67. The van der Waals surface area contributed by atoms with Gasteiger partial charge in [-0.15, -0.1) is 0 Å². The van der Waals surface area contributed by atoms with Crippen LogP contribution in [-0.4, -0.2) is 31.3 Å². The molecule has 1 aliphatic heterocycles. The molecule has 0 aromatic heterocycles. The molecule has 0 saturated heterocycles. The zero-order valence-electron chi connectivity index (χ0n) is 11.4. The fourth-order valence-corrected chi connectivity index (χ4v) is 2.67. The van der Waals surface area contributed by atoms with E-state index < -0.39 is 5.97 Å².